The SMILES string of the molecule is CCCN(CCC)S(=O)(=O)c1ccc(N(C(=O)C(F)(F)F)[C@@H]2CCN(c3nc(NCC(c4ccccc4)c4ccccc4)c4ncn([C@@H]5C[C@H](NC(=O)CC)[C@@H](O)[C@H]5O)c4n3)C2)cc1. The van der Waals surface area contributed by atoms with Crippen LogP contribution in [0.5, 0.6) is 0 Å². The minimum absolute atomic E-state index is 0.0858. The number of aliphatic hydroxyl groups is 2. The fourth-order valence-corrected chi connectivity index (χ4v) is 10.3. The van der Waals surface area contributed by atoms with Crippen LogP contribution in [0, 0.1) is 0 Å². The second kappa shape index (κ2) is 19.6. The molecule has 5 atom stereocenters. The third kappa shape index (κ3) is 9.72. The Morgan fingerprint density at radius 2 is 1.52 bits per heavy atom. The summed E-state index contributed by atoms with van der Waals surface area (Å²) in [5, 5.41) is 28.5. The number of nitrogens with one attached hydrogen (secondary N) is 2. The van der Waals surface area contributed by atoms with Gasteiger partial charge in [0.05, 0.1) is 29.3 Å². The number of sulfonamides is 1. The first-order valence-electron chi connectivity index (χ1n) is 21.7. The third-order valence-corrected chi connectivity index (χ3v) is 13.8. The Morgan fingerprint density at radius 3 is 2.09 bits per heavy atom. The molecule has 2 fully saturated rings. The van der Waals surface area contributed by atoms with Crippen molar-refractivity contribution in [3.8, 4) is 0 Å². The van der Waals surface area contributed by atoms with Crippen LogP contribution in [0.4, 0.5) is 30.6 Å². The Hall–Kier alpha value is -5.63. The molecule has 19 heteroatoms. The van der Waals surface area contributed by atoms with Crippen molar-refractivity contribution in [2.75, 3.05) is 47.8 Å². The van der Waals surface area contributed by atoms with Crippen LogP contribution in [0.3, 0.4) is 0 Å². The van der Waals surface area contributed by atoms with Gasteiger partial charge in [0, 0.05) is 50.7 Å². The van der Waals surface area contributed by atoms with E-state index in [0.717, 1.165) is 11.1 Å². The Balaban J connectivity index is 1.24. The number of aromatic nitrogens is 4. The number of alkyl halides is 3. The normalized spacial score (nSPS) is 20.3. The molecule has 342 valence electrons. The summed E-state index contributed by atoms with van der Waals surface area (Å²) < 4.78 is 72.9. The molecule has 0 unspecified atom stereocenters. The first-order valence-corrected chi connectivity index (χ1v) is 23.1. The first-order chi connectivity index (χ1) is 30.7. The maximum atomic E-state index is 14.3. The van der Waals surface area contributed by atoms with Crippen molar-refractivity contribution in [2.45, 2.75) is 100 Å². The lowest BCUT2D eigenvalue weighted by Gasteiger charge is -2.30. The zero-order valence-corrected chi connectivity index (χ0v) is 36.7. The highest BCUT2D eigenvalue weighted by molar-refractivity contribution is 7.89. The summed E-state index contributed by atoms with van der Waals surface area (Å²) in [6.45, 7) is 6.32. The number of nitrogens with zero attached hydrogens (tertiary/aromatic N) is 7. The maximum absolute atomic E-state index is 14.3. The number of fused-ring (bicyclic) bond motifs is 1. The minimum atomic E-state index is -5.24. The molecule has 64 heavy (non-hydrogen) atoms. The van der Waals surface area contributed by atoms with Crippen molar-refractivity contribution in [3.63, 3.8) is 0 Å². The molecule has 2 aliphatic rings. The Bertz CT molecular complexity index is 2450. The van der Waals surface area contributed by atoms with Crippen LogP contribution in [0.15, 0.2) is 96.2 Å². The zero-order valence-electron chi connectivity index (χ0n) is 35.9. The smallest absolute Gasteiger partial charge is 0.388 e. The molecule has 1 saturated carbocycles. The lowest BCUT2D eigenvalue weighted by Crippen LogP contribution is -2.48. The van der Waals surface area contributed by atoms with Crippen molar-refractivity contribution in [3.05, 3.63) is 102 Å². The number of carbonyl (C=O) groups is 2. The van der Waals surface area contributed by atoms with E-state index in [2.05, 4.69) is 15.6 Å². The number of amides is 2. The van der Waals surface area contributed by atoms with Gasteiger partial charge in [-0.25, -0.2) is 13.4 Å². The number of rotatable bonds is 17. The van der Waals surface area contributed by atoms with E-state index >= 15 is 0 Å². The van der Waals surface area contributed by atoms with E-state index in [4.69, 9.17) is 9.97 Å². The minimum Gasteiger partial charge on any atom is -0.388 e. The average molecular weight is 906 g/mol. The monoisotopic (exact) mass is 905 g/mol. The molecule has 3 aromatic carbocycles. The van der Waals surface area contributed by atoms with Crippen LogP contribution in [0.1, 0.15) is 76.0 Å². The molecule has 0 bridgehead atoms. The van der Waals surface area contributed by atoms with Crippen LogP contribution in [-0.4, -0.2) is 117 Å². The molecule has 15 nitrogen and oxygen atoms in total. The summed E-state index contributed by atoms with van der Waals surface area (Å²) in [6, 6.07) is 22.1. The number of hydrogen-bond acceptors (Lipinski definition) is 11. The molecular weight excluding hydrogens is 852 g/mol. The van der Waals surface area contributed by atoms with Crippen molar-refractivity contribution < 1.29 is 41.4 Å². The molecule has 4 N–H and O–H groups in total. The van der Waals surface area contributed by atoms with Gasteiger partial charge in [-0.05, 0) is 61.1 Å². The second-order valence-corrected chi connectivity index (χ2v) is 18.2. The van der Waals surface area contributed by atoms with E-state index in [-0.39, 0.29) is 79.4 Å². The predicted octanol–water partition coefficient (Wildman–Crippen LogP) is 5.62. The van der Waals surface area contributed by atoms with Crippen LogP contribution in [0.25, 0.3) is 11.2 Å². The molecule has 1 aliphatic heterocycles. The van der Waals surface area contributed by atoms with Crippen LogP contribution >= 0.6 is 0 Å². The summed E-state index contributed by atoms with van der Waals surface area (Å²) in [4.78, 5) is 42.2. The summed E-state index contributed by atoms with van der Waals surface area (Å²) in [7, 11) is -3.94. The predicted molar refractivity (Wildman–Crippen MR) is 236 cm³/mol. The lowest BCUT2D eigenvalue weighted by molar-refractivity contribution is -0.170. The van der Waals surface area contributed by atoms with E-state index < -0.39 is 52.4 Å². The topological polar surface area (TPSA) is 186 Å². The van der Waals surface area contributed by atoms with Crippen LogP contribution < -0.4 is 20.4 Å². The fourth-order valence-electron chi connectivity index (χ4n) is 8.69. The van der Waals surface area contributed by atoms with Gasteiger partial charge < -0.3 is 30.3 Å². The molecule has 2 aromatic heterocycles. The molecule has 0 spiro atoms. The maximum Gasteiger partial charge on any atom is 0.471 e. The van der Waals surface area contributed by atoms with Crippen molar-refractivity contribution in [2.24, 2.45) is 0 Å². The number of halogens is 3. The Labute approximate surface area is 370 Å². The van der Waals surface area contributed by atoms with Crippen molar-refractivity contribution in [1.82, 2.24) is 29.1 Å². The summed E-state index contributed by atoms with van der Waals surface area (Å²) in [5.74, 6) is -2.11. The van der Waals surface area contributed by atoms with E-state index in [1.165, 1.54) is 34.9 Å². The van der Waals surface area contributed by atoms with Gasteiger partial charge in [0.25, 0.3) is 0 Å². The Kier molecular flexibility index (Phi) is 14.2. The molecule has 2 amide bonds. The van der Waals surface area contributed by atoms with E-state index in [1.807, 2.05) is 74.5 Å². The summed E-state index contributed by atoms with van der Waals surface area (Å²) in [6.07, 6.45) is -4.78. The highest BCUT2D eigenvalue weighted by Gasteiger charge is 2.47. The Morgan fingerprint density at radius 1 is 0.891 bits per heavy atom. The highest BCUT2D eigenvalue weighted by Crippen LogP contribution is 2.37. The van der Waals surface area contributed by atoms with Crippen LogP contribution in [-0.2, 0) is 19.6 Å². The van der Waals surface area contributed by atoms with Gasteiger partial charge in [-0.1, -0.05) is 81.4 Å². The lowest BCUT2D eigenvalue weighted by atomic mass is 9.91. The number of imidazole rings is 1. The number of carbonyl (C=O) groups excluding carboxylic acids is 2. The number of hydrogen-bond donors (Lipinski definition) is 4. The molecular formula is C45H54F3N9O6S. The first kappa shape index (κ1) is 46.4. The fraction of sp³-hybridized carbons (Fsp3) is 0.444. The number of anilines is 3. The van der Waals surface area contributed by atoms with Gasteiger partial charge in [0.1, 0.15) is 12.2 Å². The summed E-state index contributed by atoms with van der Waals surface area (Å²) in [5.41, 5.74) is 2.55. The van der Waals surface area contributed by atoms with Crippen LogP contribution in [0.2, 0.25) is 0 Å². The summed E-state index contributed by atoms with van der Waals surface area (Å²) >= 11 is 0. The number of aliphatic hydroxyl groups excluding tert-OH is 2. The highest BCUT2D eigenvalue weighted by atomic mass is 32.2. The average Bonchev–Trinajstić information content (AvgIpc) is 4.02. The van der Waals surface area contributed by atoms with Gasteiger partial charge in [0.2, 0.25) is 21.9 Å². The molecule has 1 saturated heterocycles. The van der Waals surface area contributed by atoms with Gasteiger partial charge in [0.15, 0.2) is 17.0 Å². The van der Waals surface area contributed by atoms with Gasteiger partial charge >= 0.3 is 12.1 Å². The molecule has 3 heterocycles. The quantitative estimate of drug-likeness (QED) is 0.0909. The van der Waals surface area contributed by atoms with E-state index in [0.29, 0.717) is 35.6 Å². The third-order valence-electron chi connectivity index (χ3n) is 11.9. The van der Waals surface area contributed by atoms with Gasteiger partial charge in [-0.3, -0.25) is 14.5 Å². The molecule has 7 rings (SSSR count). The molecule has 0 radical (unpaired) electrons. The largest absolute Gasteiger partial charge is 0.471 e. The van der Waals surface area contributed by atoms with Gasteiger partial charge in [-0.2, -0.15) is 27.4 Å². The standard InChI is InChI=1S/C45H54F3N9O6S/c1-4-22-55(23-5-2)64(62,63)33-19-17-31(18-20-33)57(43(61)45(46,47)48)32-21-24-54(27-32)44-52-41(49-26-34(29-13-9-7-10-14-29)30-15-11-8-12-16-30)38-42(53-44)56(28-50-38)36-25-35(39(59)40(36)60)51-37(58)6-3/h7-20,28,32,34-36,39-40,59-60H,4-6,21-27H2,1-3H3,(H,51,58)(H,49,52,53)/t32-,35+,36-,39-,40+/m1/s1. The van der Waals surface area contributed by atoms with E-state index in [1.54, 1.807) is 16.4 Å². The molecule has 5 aromatic rings. The van der Waals surface area contributed by atoms with Crippen molar-refractivity contribution in [1.29, 1.82) is 0 Å². The van der Waals surface area contributed by atoms with Crippen molar-refractivity contribution >= 4 is 50.5 Å². The zero-order chi connectivity index (χ0) is 45.8. The molecule has 1 aliphatic carbocycles. The van der Waals surface area contributed by atoms with Gasteiger partial charge in [-0.15, -0.1) is 0 Å². The number of benzene rings is 3. The van der Waals surface area contributed by atoms with E-state index in [9.17, 15) is 41.4 Å². The second-order valence-electron chi connectivity index (χ2n) is 16.2.